The van der Waals surface area contributed by atoms with Gasteiger partial charge >= 0.3 is 17.8 Å². The van der Waals surface area contributed by atoms with Gasteiger partial charge < -0.3 is 20.0 Å². The average Bonchev–Trinajstić information content (AvgIpc) is 3.02. The van der Waals surface area contributed by atoms with Crippen molar-refractivity contribution < 1.29 is 32.2 Å². The van der Waals surface area contributed by atoms with Gasteiger partial charge in [-0.05, 0) is 12.1 Å². The number of nitrogens with one attached hydrogen (secondary N) is 1. The summed E-state index contributed by atoms with van der Waals surface area (Å²) < 4.78 is 49.4. The van der Waals surface area contributed by atoms with E-state index in [1.54, 1.807) is 4.98 Å². The van der Waals surface area contributed by atoms with E-state index in [4.69, 9.17) is 10.2 Å². The third kappa shape index (κ3) is 2.91. The molecule has 1 atom stereocenters. The van der Waals surface area contributed by atoms with Crippen LogP contribution in [0.15, 0.2) is 32.4 Å². The predicted octanol–water partition coefficient (Wildman–Crippen LogP) is -0.317. The standard InChI is InChI=1S/C13H12F3N3O6/c1-24-10(21)12(23,13(14,15)16)7-8(17)19(11(22)18-9(7)20)5-6-3-2-4-25-6/h2-4,23H,5,17H2,1H3,(H,18,20,22). The molecule has 4 N–H and O–H groups in total. The van der Waals surface area contributed by atoms with Crippen molar-refractivity contribution in [3.8, 4) is 0 Å². The molecule has 0 aliphatic rings. The second-order valence-electron chi connectivity index (χ2n) is 4.88. The summed E-state index contributed by atoms with van der Waals surface area (Å²) in [5.41, 5.74) is -3.26. The van der Waals surface area contributed by atoms with Crippen LogP contribution in [-0.2, 0) is 21.7 Å². The van der Waals surface area contributed by atoms with Gasteiger partial charge in [-0.15, -0.1) is 0 Å². The van der Waals surface area contributed by atoms with Gasteiger partial charge in [-0.2, -0.15) is 13.2 Å². The zero-order valence-corrected chi connectivity index (χ0v) is 12.6. The minimum Gasteiger partial charge on any atom is -0.467 e. The summed E-state index contributed by atoms with van der Waals surface area (Å²) in [6.07, 6.45) is -4.40. The van der Waals surface area contributed by atoms with Gasteiger partial charge in [-0.3, -0.25) is 14.3 Å². The number of halogens is 3. The van der Waals surface area contributed by atoms with Gasteiger partial charge in [0.05, 0.1) is 19.9 Å². The molecule has 0 radical (unpaired) electrons. The Bertz CT molecular complexity index is 899. The second-order valence-corrected chi connectivity index (χ2v) is 4.88. The van der Waals surface area contributed by atoms with Gasteiger partial charge in [-0.1, -0.05) is 0 Å². The van der Waals surface area contributed by atoms with Crippen molar-refractivity contribution in [1.82, 2.24) is 9.55 Å². The van der Waals surface area contributed by atoms with Crippen LogP contribution in [0.25, 0.3) is 0 Å². The largest absolute Gasteiger partial charge is 0.467 e. The van der Waals surface area contributed by atoms with E-state index in [9.17, 15) is 32.7 Å². The highest BCUT2D eigenvalue weighted by molar-refractivity contribution is 5.83. The molecule has 9 nitrogen and oxygen atoms in total. The number of nitrogens with zero attached hydrogens (tertiary/aromatic N) is 1. The van der Waals surface area contributed by atoms with Crippen LogP contribution < -0.4 is 17.0 Å². The summed E-state index contributed by atoms with van der Waals surface area (Å²) in [6.45, 7) is -0.448. The number of methoxy groups -OCH3 is 1. The molecule has 0 aromatic carbocycles. The number of ether oxygens (including phenoxy) is 1. The van der Waals surface area contributed by atoms with Gasteiger partial charge in [0.25, 0.3) is 11.2 Å². The fraction of sp³-hybridized carbons (Fsp3) is 0.308. The first-order valence-electron chi connectivity index (χ1n) is 6.57. The minimum absolute atomic E-state index is 0.125. The van der Waals surface area contributed by atoms with Crippen LogP contribution in [0.3, 0.4) is 0 Å². The summed E-state index contributed by atoms with van der Waals surface area (Å²) in [6, 6.07) is 2.84. The lowest BCUT2D eigenvalue weighted by molar-refractivity contribution is -0.267. The fourth-order valence-electron chi connectivity index (χ4n) is 2.16. The number of aromatic amines is 1. The molecule has 0 amide bonds. The maximum Gasteiger partial charge on any atom is 0.432 e. The molecule has 12 heteroatoms. The fourth-order valence-corrected chi connectivity index (χ4v) is 2.16. The van der Waals surface area contributed by atoms with Crippen LogP contribution in [0.1, 0.15) is 11.3 Å². The lowest BCUT2D eigenvalue weighted by Gasteiger charge is -2.28. The smallest absolute Gasteiger partial charge is 0.432 e. The van der Waals surface area contributed by atoms with Crippen LogP contribution in [0.2, 0.25) is 0 Å². The van der Waals surface area contributed by atoms with Gasteiger partial charge in [0.1, 0.15) is 17.1 Å². The first-order chi connectivity index (χ1) is 11.5. The third-order valence-electron chi connectivity index (χ3n) is 3.39. The van der Waals surface area contributed by atoms with E-state index in [0.717, 1.165) is 0 Å². The topological polar surface area (TPSA) is 141 Å². The zero-order chi connectivity index (χ0) is 19.0. The van der Waals surface area contributed by atoms with Crippen LogP contribution in [0.5, 0.6) is 0 Å². The number of furan rings is 1. The number of anilines is 1. The van der Waals surface area contributed by atoms with Crippen LogP contribution >= 0.6 is 0 Å². The van der Waals surface area contributed by atoms with Gasteiger partial charge in [0.2, 0.25) is 0 Å². The highest BCUT2D eigenvalue weighted by Crippen LogP contribution is 2.40. The molecule has 2 aromatic heterocycles. The average molecular weight is 363 g/mol. The number of H-pyrrole nitrogens is 1. The van der Waals surface area contributed by atoms with E-state index in [2.05, 4.69) is 4.74 Å². The molecule has 25 heavy (non-hydrogen) atoms. The van der Waals surface area contributed by atoms with Crippen molar-refractivity contribution in [2.75, 3.05) is 12.8 Å². The van der Waals surface area contributed by atoms with Crippen molar-refractivity contribution in [1.29, 1.82) is 0 Å². The molecule has 136 valence electrons. The molecule has 0 bridgehead atoms. The number of carbonyl (C=O) groups excluding carboxylic acids is 1. The molecular weight excluding hydrogens is 351 g/mol. The number of aromatic nitrogens is 2. The Balaban J connectivity index is 2.78. The summed E-state index contributed by atoms with van der Waals surface area (Å²) in [4.78, 5) is 36.9. The van der Waals surface area contributed by atoms with Gasteiger partial charge in [0.15, 0.2) is 0 Å². The van der Waals surface area contributed by atoms with Crippen LogP contribution in [0, 0.1) is 0 Å². The number of hydrogen-bond donors (Lipinski definition) is 3. The van der Waals surface area contributed by atoms with Crippen molar-refractivity contribution in [3.05, 3.63) is 50.6 Å². The molecule has 0 aliphatic heterocycles. The highest BCUT2D eigenvalue weighted by Gasteiger charge is 2.64. The molecule has 2 aromatic rings. The van der Waals surface area contributed by atoms with Crippen molar-refractivity contribution >= 4 is 11.8 Å². The maximum absolute atomic E-state index is 13.3. The molecule has 0 saturated carbocycles. The zero-order valence-electron chi connectivity index (χ0n) is 12.6. The van der Waals surface area contributed by atoms with E-state index in [1.807, 2.05) is 0 Å². The lowest BCUT2D eigenvalue weighted by atomic mass is 9.94. The van der Waals surface area contributed by atoms with Crippen molar-refractivity contribution in [3.63, 3.8) is 0 Å². The summed E-state index contributed by atoms with van der Waals surface area (Å²) in [5.74, 6) is -3.11. The molecule has 0 spiro atoms. The second kappa shape index (κ2) is 6.12. The summed E-state index contributed by atoms with van der Waals surface area (Å²) in [5, 5.41) is 9.95. The number of alkyl halides is 3. The number of aliphatic hydroxyl groups is 1. The number of nitrogen functional groups attached to an aromatic ring is 1. The maximum atomic E-state index is 13.3. The van der Waals surface area contributed by atoms with E-state index in [1.165, 1.54) is 18.4 Å². The first kappa shape index (κ1) is 18.3. The van der Waals surface area contributed by atoms with E-state index < -0.39 is 46.9 Å². The molecule has 0 fully saturated rings. The third-order valence-corrected chi connectivity index (χ3v) is 3.39. The van der Waals surface area contributed by atoms with Crippen molar-refractivity contribution in [2.45, 2.75) is 18.3 Å². The summed E-state index contributed by atoms with van der Waals surface area (Å²) >= 11 is 0. The normalized spacial score (nSPS) is 14.1. The summed E-state index contributed by atoms with van der Waals surface area (Å²) in [7, 11) is 0.586. The highest BCUT2D eigenvalue weighted by atomic mass is 19.4. The Morgan fingerprint density at radius 2 is 2.08 bits per heavy atom. The monoisotopic (exact) mass is 363 g/mol. The number of rotatable bonds is 4. The first-order valence-corrected chi connectivity index (χ1v) is 6.57. The van der Waals surface area contributed by atoms with Crippen LogP contribution in [-0.4, -0.2) is 33.9 Å². The molecule has 1 unspecified atom stereocenters. The Kier molecular flexibility index (Phi) is 4.49. The van der Waals surface area contributed by atoms with Gasteiger partial charge in [0, 0.05) is 0 Å². The SMILES string of the molecule is COC(=O)C(O)(c1c(N)n(Cc2ccco2)c(=O)[nH]c1=O)C(F)(F)F. The van der Waals surface area contributed by atoms with Gasteiger partial charge in [-0.25, -0.2) is 9.59 Å². The molecule has 2 rings (SSSR count). The van der Waals surface area contributed by atoms with E-state index in [0.29, 0.717) is 11.7 Å². The van der Waals surface area contributed by atoms with E-state index >= 15 is 0 Å². The van der Waals surface area contributed by atoms with Crippen molar-refractivity contribution in [2.24, 2.45) is 0 Å². The Morgan fingerprint density at radius 3 is 2.56 bits per heavy atom. The number of carbonyl (C=O) groups is 1. The molecule has 0 saturated heterocycles. The molecular formula is C13H12F3N3O6. The Morgan fingerprint density at radius 1 is 1.44 bits per heavy atom. The lowest BCUT2D eigenvalue weighted by Crippen LogP contribution is -2.54. The van der Waals surface area contributed by atoms with Crippen LogP contribution in [0.4, 0.5) is 19.0 Å². The Hall–Kier alpha value is -3.02. The number of nitrogens with two attached hydrogens (primary N) is 1. The Labute approximate surface area is 136 Å². The quantitative estimate of drug-likeness (QED) is 0.633. The number of hydrogen-bond acceptors (Lipinski definition) is 7. The predicted molar refractivity (Wildman–Crippen MR) is 75.5 cm³/mol. The van der Waals surface area contributed by atoms with E-state index in [-0.39, 0.29) is 5.76 Å². The molecule has 2 heterocycles. The molecule has 0 aliphatic carbocycles. The minimum atomic E-state index is -5.64. The number of esters is 1.